The average molecular weight is 326 g/mol. The Hall–Kier alpha value is -2.14. The molecule has 0 bridgehead atoms. The minimum Gasteiger partial charge on any atom is -0.322 e. The highest BCUT2D eigenvalue weighted by Gasteiger charge is 2.27. The van der Waals surface area contributed by atoms with E-state index in [-0.39, 0.29) is 5.91 Å². The number of likely N-dealkylation sites (tertiary alicyclic amines) is 1. The molecule has 1 aromatic carbocycles. The Morgan fingerprint density at radius 3 is 2.58 bits per heavy atom. The lowest BCUT2D eigenvalue weighted by Crippen LogP contribution is -2.33. The summed E-state index contributed by atoms with van der Waals surface area (Å²) in [4.78, 5) is 14.8. The second-order valence-electron chi connectivity index (χ2n) is 6.76. The first-order valence-electron chi connectivity index (χ1n) is 8.56. The van der Waals surface area contributed by atoms with Crippen LogP contribution in [0.2, 0.25) is 0 Å². The molecular formula is C19H26N4O. The zero-order valence-corrected chi connectivity index (χ0v) is 15.0. The van der Waals surface area contributed by atoms with E-state index in [1.807, 2.05) is 20.9 Å². The molecule has 2 heterocycles. The Balaban J connectivity index is 1.68. The van der Waals surface area contributed by atoms with Crippen LogP contribution >= 0.6 is 0 Å². The highest BCUT2D eigenvalue weighted by Crippen LogP contribution is 2.31. The van der Waals surface area contributed by atoms with Crippen molar-refractivity contribution in [1.82, 2.24) is 14.7 Å². The quantitative estimate of drug-likeness (QED) is 0.939. The van der Waals surface area contributed by atoms with Crippen molar-refractivity contribution in [3.05, 3.63) is 46.8 Å². The van der Waals surface area contributed by atoms with E-state index in [0.717, 1.165) is 36.5 Å². The molecule has 0 spiro atoms. The van der Waals surface area contributed by atoms with Gasteiger partial charge in [-0.05, 0) is 45.7 Å². The van der Waals surface area contributed by atoms with Crippen LogP contribution in [-0.4, -0.2) is 33.7 Å². The molecule has 1 saturated heterocycles. The van der Waals surface area contributed by atoms with Gasteiger partial charge in [0.05, 0.1) is 23.6 Å². The Kier molecular flexibility index (Phi) is 4.71. The monoisotopic (exact) mass is 326 g/mol. The molecule has 0 radical (unpaired) electrons. The van der Waals surface area contributed by atoms with Crippen LogP contribution in [0.25, 0.3) is 0 Å². The van der Waals surface area contributed by atoms with Gasteiger partial charge in [-0.25, -0.2) is 0 Å². The lowest BCUT2D eigenvalue weighted by molar-refractivity contribution is -0.117. The van der Waals surface area contributed by atoms with Gasteiger partial charge in [-0.3, -0.25) is 14.4 Å². The lowest BCUT2D eigenvalue weighted by Gasteiger charge is -2.24. The molecule has 1 amide bonds. The standard InChI is InChI=1S/C19H26N4O/c1-13-7-9-16(10-8-13)17-6-5-11-23(17)12-18(24)20-19-14(2)21-22(4)15(19)3/h7-10,17H,5-6,11-12H2,1-4H3,(H,20,24)/t17-/m0/s1. The number of nitrogens with one attached hydrogen (secondary N) is 1. The van der Waals surface area contributed by atoms with Gasteiger partial charge in [-0.2, -0.15) is 5.10 Å². The summed E-state index contributed by atoms with van der Waals surface area (Å²) in [5, 5.41) is 7.40. The molecule has 1 aromatic heterocycles. The highest BCUT2D eigenvalue weighted by molar-refractivity contribution is 5.93. The number of nitrogens with zero attached hydrogens (tertiary/aromatic N) is 3. The van der Waals surface area contributed by atoms with Crippen molar-refractivity contribution in [1.29, 1.82) is 0 Å². The largest absolute Gasteiger partial charge is 0.322 e. The maximum absolute atomic E-state index is 12.5. The molecule has 1 N–H and O–H groups in total. The van der Waals surface area contributed by atoms with Crippen molar-refractivity contribution < 1.29 is 4.79 Å². The molecule has 128 valence electrons. The maximum atomic E-state index is 12.5. The number of aryl methyl sites for hydroxylation is 3. The number of benzene rings is 1. The van der Waals surface area contributed by atoms with E-state index in [1.54, 1.807) is 4.68 Å². The Bertz CT molecular complexity index is 733. The van der Waals surface area contributed by atoms with Crippen LogP contribution in [0, 0.1) is 20.8 Å². The number of rotatable bonds is 4. The van der Waals surface area contributed by atoms with Crippen LogP contribution in [0.4, 0.5) is 5.69 Å². The van der Waals surface area contributed by atoms with Crippen molar-refractivity contribution in [3.8, 4) is 0 Å². The molecule has 3 rings (SSSR count). The molecule has 1 atom stereocenters. The maximum Gasteiger partial charge on any atom is 0.238 e. The van der Waals surface area contributed by atoms with Crippen molar-refractivity contribution >= 4 is 11.6 Å². The van der Waals surface area contributed by atoms with Crippen molar-refractivity contribution in [3.63, 3.8) is 0 Å². The fourth-order valence-corrected chi connectivity index (χ4v) is 3.50. The number of aromatic nitrogens is 2. The minimum atomic E-state index is 0.0354. The zero-order valence-electron chi connectivity index (χ0n) is 15.0. The second-order valence-corrected chi connectivity index (χ2v) is 6.76. The van der Waals surface area contributed by atoms with Gasteiger partial charge >= 0.3 is 0 Å². The zero-order chi connectivity index (χ0) is 17.3. The van der Waals surface area contributed by atoms with Crippen LogP contribution in [0.15, 0.2) is 24.3 Å². The summed E-state index contributed by atoms with van der Waals surface area (Å²) in [7, 11) is 1.89. The van der Waals surface area contributed by atoms with Gasteiger partial charge in [0.2, 0.25) is 5.91 Å². The molecule has 1 aliphatic heterocycles. The number of carbonyl (C=O) groups is 1. The summed E-state index contributed by atoms with van der Waals surface area (Å²) in [6.45, 7) is 7.39. The van der Waals surface area contributed by atoms with Crippen molar-refractivity contribution in [2.24, 2.45) is 7.05 Å². The van der Waals surface area contributed by atoms with E-state index in [0.29, 0.717) is 12.6 Å². The SMILES string of the molecule is Cc1ccc([C@@H]2CCCN2CC(=O)Nc2c(C)nn(C)c2C)cc1. The van der Waals surface area contributed by atoms with Crippen LogP contribution in [0.5, 0.6) is 0 Å². The summed E-state index contributed by atoms with van der Waals surface area (Å²) >= 11 is 0. The summed E-state index contributed by atoms with van der Waals surface area (Å²) in [5.74, 6) is 0.0354. The summed E-state index contributed by atoms with van der Waals surface area (Å²) in [6, 6.07) is 9.01. The van der Waals surface area contributed by atoms with Gasteiger partial charge in [-0.15, -0.1) is 0 Å². The minimum absolute atomic E-state index is 0.0354. The normalized spacial score (nSPS) is 18.1. The molecule has 0 unspecified atom stereocenters. The van der Waals surface area contributed by atoms with E-state index >= 15 is 0 Å². The van der Waals surface area contributed by atoms with Crippen LogP contribution in [0.1, 0.15) is 41.4 Å². The van der Waals surface area contributed by atoms with Crippen LogP contribution in [0.3, 0.4) is 0 Å². The third-order valence-electron chi connectivity index (χ3n) is 4.95. The number of anilines is 1. The van der Waals surface area contributed by atoms with Crippen molar-refractivity contribution in [2.45, 2.75) is 39.7 Å². The van der Waals surface area contributed by atoms with E-state index in [9.17, 15) is 4.79 Å². The second kappa shape index (κ2) is 6.77. The Labute approximate surface area is 143 Å². The molecule has 24 heavy (non-hydrogen) atoms. The Morgan fingerprint density at radius 2 is 1.96 bits per heavy atom. The summed E-state index contributed by atoms with van der Waals surface area (Å²) < 4.78 is 1.80. The smallest absolute Gasteiger partial charge is 0.238 e. The molecule has 0 saturated carbocycles. The topological polar surface area (TPSA) is 50.2 Å². The van der Waals surface area contributed by atoms with Crippen molar-refractivity contribution in [2.75, 3.05) is 18.4 Å². The molecule has 5 heteroatoms. The van der Waals surface area contributed by atoms with Gasteiger partial charge in [0, 0.05) is 13.1 Å². The first-order valence-corrected chi connectivity index (χ1v) is 8.56. The van der Waals surface area contributed by atoms with E-state index < -0.39 is 0 Å². The molecular weight excluding hydrogens is 300 g/mol. The van der Waals surface area contributed by atoms with E-state index in [4.69, 9.17) is 0 Å². The number of amides is 1. The molecule has 0 aliphatic carbocycles. The molecule has 2 aromatic rings. The molecule has 5 nitrogen and oxygen atoms in total. The lowest BCUT2D eigenvalue weighted by atomic mass is 10.0. The van der Waals surface area contributed by atoms with Gasteiger partial charge in [0.15, 0.2) is 0 Å². The van der Waals surface area contributed by atoms with E-state index in [2.05, 4.69) is 46.5 Å². The molecule has 1 aliphatic rings. The number of hydrogen-bond donors (Lipinski definition) is 1. The molecule has 1 fully saturated rings. The fourth-order valence-electron chi connectivity index (χ4n) is 3.50. The van der Waals surface area contributed by atoms with Crippen LogP contribution < -0.4 is 5.32 Å². The highest BCUT2D eigenvalue weighted by atomic mass is 16.2. The van der Waals surface area contributed by atoms with Crippen LogP contribution in [-0.2, 0) is 11.8 Å². The third kappa shape index (κ3) is 3.36. The van der Waals surface area contributed by atoms with Gasteiger partial charge < -0.3 is 5.32 Å². The Morgan fingerprint density at radius 1 is 1.25 bits per heavy atom. The summed E-state index contributed by atoms with van der Waals surface area (Å²) in [5.41, 5.74) is 5.26. The third-order valence-corrected chi connectivity index (χ3v) is 4.95. The van der Waals surface area contributed by atoms with Gasteiger partial charge in [-0.1, -0.05) is 29.8 Å². The predicted octanol–water partition coefficient (Wildman–Crippen LogP) is 3.12. The average Bonchev–Trinajstić information content (AvgIpc) is 3.08. The summed E-state index contributed by atoms with van der Waals surface area (Å²) in [6.07, 6.45) is 2.25. The predicted molar refractivity (Wildman–Crippen MR) is 96.0 cm³/mol. The first-order chi connectivity index (χ1) is 11.5. The van der Waals surface area contributed by atoms with Gasteiger partial charge in [0.25, 0.3) is 0 Å². The number of hydrogen-bond acceptors (Lipinski definition) is 3. The fraction of sp³-hybridized carbons (Fsp3) is 0.474. The van der Waals surface area contributed by atoms with Gasteiger partial charge in [0.1, 0.15) is 0 Å². The first kappa shape index (κ1) is 16.7. The van der Waals surface area contributed by atoms with E-state index in [1.165, 1.54) is 11.1 Å². The number of carbonyl (C=O) groups excluding carboxylic acids is 1.